The lowest BCUT2D eigenvalue weighted by molar-refractivity contribution is -0.133. The van der Waals surface area contributed by atoms with Crippen LogP contribution in [0.4, 0.5) is 0 Å². The van der Waals surface area contributed by atoms with Gasteiger partial charge >= 0.3 is 0 Å². The second-order valence-corrected chi connectivity index (χ2v) is 8.49. The second-order valence-electron chi connectivity index (χ2n) is 8.09. The zero-order valence-electron chi connectivity index (χ0n) is 16.6. The summed E-state index contributed by atoms with van der Waals surface area (Å²) in [6, 6.07) is 6.04. The molecule has 0 radical (unpaired) electrons. The van der Waals surface area contributed by atoms with Gasteiger partial charge in [-0.25, -0.2) is 5.43 Å². The van der Waals surface area contributed by atoms with Crippen LogP contribution in [0, 0.1) is 30.1 Å². The number of hydrazine groups is 1. The van der Waals surface area contributed by atoms with E-state index in [4.69, 9.17) is 17.3 Å². The van der Waals surface area contributed by atoms with Crippen molar-refractivity contribution in [3.05, 3.63) is 40.0 Å². The van der Waals surface area contributed by atoms with Gasteiger partial charge in [0.15, 0.2) is 0 Å². The third-order valence-electron chi connectivity index (χ3n) is 6.47. The number of nitrogens with two attached hydrogens (primary N) is 1. The lowest BCUT2D eigenvalue weighted by Crippen LogP contribution is -2.62. The molecule has 4 rings (SSSR count). The van der Waals surface area contributed by atoms with E-state index in [-0.39, 0.29) is 29.7 Å². The van der Waals surface area contributed by atoms with Crippen molar-refractivity contribution in [1.29, 1.82) is 5.26 Å². The number of carbonyl (C=O) groups excluding carboxylic acids is 1. The van der Waals surface area contributed by atoms with Crippen LogP contribution in [0.5, 0.6) is 0 Å². The number of benzene rings is 1. The predicted molar refractivity (Wildman–Crippen MR) is 111 cm³/mol. The van der Waals surface area contributed by atoms with E-state index < -0.39 is 0 Å². The monoisotopic (exact) mass is 412 g/mol. The van der Waals surface area contributed by atoms with Crippen molar-refractivity contribution in [3.8, 4) is 17.3 Å². The highest BCUT2D eigenvalue weighted by molar-refractivity contribution is 6.31. The van der Waals surface area contributed by atoms with Crippen LogP contribution in [0.1, 0.15) is 41.9 Å². The standard InChI is InChI=1S/C21H25ClN6O/c1-11-5-13(8-23)15(7-18(11)22)20-17(10-25-28(20)2)12-3-4-14-16(6-12)19(9-24)26-27-21(14)29/h5,7,10,12,14,16,19,26H,3-4,6,9,24H2,1-2H3,(H,27,29). The molecule has 2 aliphatic rings. The Kier molecular flexibility index (Phi) is 5.34. The Morgan fingerprint density at radius 2 is 2.21 bits per heavy atom. The number of hydrogen-bond acceptors (Lipinski definition) is 5. The van der Waals surface area contributed by atoms with E-state index in [1.54, 1.807) is 0 Å². The van der Waals surface area contributed by atoms with Crippen molar-refractivity contribution in [2.24, 2.45) is 24.6 Å². The van der Waals surface area contributed by atoms with Crippen LogP contribution in [0.25, 0.3) is 11.3 Å². The van der Waals surface area contributed by atoms with E-state index in [0.717, 1.165) is 41.6 Å². The van der Waals surface area contributed by atoms with Crippen molar-refractivity contribution < 1.29 is 4.79 Å². The lowest BCUT2D eigenvalue weighted by Gasteiger charge is -2.43. The molecule has 1 saturated heterocycles. The van der Waals surface area contributed by atoms with Gasteiger partial charge in [0.2, 0.25) is 5.91 Å². The highest BCUT2D eigenvalue weighted by atomic mass is 35.5. The molecule has 29 heavy (non-hydrogen) atoms. The highest BCUT2D eigenvalue weighted by Gasteiger charge is 2.43. The van der Waals surface area contributed by atoms with E-state index in [2.05, 4.69) is 22.0 Å². The maximum Gasteiger partial charge on any atom is 0.237 e. The molecule has 1 aromatic heterocycles. The Morgan fingerprint density at radius 1 is 1.41 bits per heavy atom. The van der Waals surface area contributed by atoms with Crippen molar-refractivity contribution in [2.45, 2.75) is 38.1 Å². The van der Waals surface area contributed by atoms with E-state index >= 15 is 0 Å². The molecule has 4 unspecified atom stereocenters. The fraction of sp³-hybridized carbons (Fsp3) is 0.476. The summed E-state index contributed by atoms with van der Waals surface area (Å²) < 4.78 is 1.81. The molecule has 7 nitrogen and oxygen atoms in total. The number of aromatic nitrogens is 2. The third-order valence-corrected chi connectivity index (χ3v) is 6.88. The summed E-state index contributed by atoms with van der Waals surface area (Å²) in [7, 11) is 1.89. The molecule has 1 amide bonds. The quantitative estimate of drug-likeness (QED) is 0.717. The zero-order valence-corrected chi connectivity index (χ0v) is 17.3. The van der Waals surface area contributed by atoms with Gasteiger partial charge in [0.1, 0.15) is 0 Å². The number of nitriles is 1. The summed E-state index contributed by atoms with van der Waals surface area (Å²) in [6.07, 6.45) is 4.45. The second kappa shape index (κ2) is 7.79. The Labute approximate surface area is 175 Å². The van der Waals surface area contributed by atoms with Crippen molar-refractivity contribution in [2.75, 3.05) is 6.54 Å². The molecule has 4 atom stereocenters. The van der Waals surface area contributed by atoms with Crippen LogP contribution in [-0.4, -0.2) is 28.3 Å². The molecule has 2 heterocycles. The van der Waals surface area contributed by atoms with E-state index in [0.29, 0.717) is 17.1 Å². The minimum absolute atomic E-state index is 0.00957. The first kappa shape index (κ1) is 19.9. The number of nitrogens with zero attached hydrogens (tertiary/aromatic N) is 3. The summed E-state index contributed by atoms with van der Waals surface area (Å²) in [5.74, 6) is 0.470. The minimum atomic E-state index is -0.00957. The summed E-state index contributed by atoms with van der Waals surface area (Å²) in [4.78, 5) is 12.3. The maximum atomic E-state index is 12.3. The normalized spacial score (nSPS) is 26.5. The third kappa shape index (κ3) is 3.42. The van der Waals surface area contributed by atoms with E-state index in [1.165, 1.54) is 0 Å². The Balaban J connectivity index is 1.73. The van der Waals surface area contributed by atoms with Gasteiger partial charge in [0.05, 0.1) is 23.5 Å². The first-order valence-electron chi connectivity index (χ1n) is 9.92. The molecular formula is C21H25ClN6O. The topological polar surface area (TPSA) is 109 Å². The molecule has 1 aliphatic heterocycles. The Bertz CT molecular complexity index is 994. The number of aryl methyl sites for hydroxylation is 2. The summed E-state index contributed by atoms with van der Waals surface area (Å²) in [6.45, 7) is 2.37. The Hall–Kier alpha value is -2.40. The van der Waals surface area contributed by atoms with Crippen LogP contribution in [-0.2, 0) is 11.8 Å². The molecule has 152 valence electrons. The Morgan fingerprint density at radius 3 is 2.93 bits per heavy atom. The fourth-order valence-corrected chi connectivity index (χ4v) is 5.07. The first-order valence-corrected chi connectivity index (χ1v) is 10.3. The van der Waals surface area contributed by atoms with Gasteiger partial charge in [0.25, 0.3) is 0 Å². The van der Waals surface area contributed by atoms with Crippen molar-refractivity contribution in [1.82, 2.24) is 20.6 Å². The fourth-order valence-electron chi connectivity index (χ4n) is 4.91. The zero-order chi connectivity index (χ0) is 20.7. The molecular weight excluding hydrogens is 388 g/mol. The number of fused-ring (bicyclic) bond motifs is 1. The molecule has 8 heteroatoms. The average Bonchev–Trinajstić information content (AvgIpc) is 3.11. The van der Waals surface area contributed by atoms with E-state index in [9.17, 15) is 10.1 Å². The number of amides is 1. The van der Waals surface area contributed by atoms with Crippen molar-refractivity contribution in [3.63, 3.8) is 0 Å². The maximum absolute atomic E-state index is 12.3. The van der Waals surface area contributed by atoms with Crippen LogP contribution in [0.15, 0.2) is 18.3 Å². The van der Waals surface area contributed by atoms with Gasteiger partial charge < -0.3 is 5.73 Å². The average molecular weight is 413 g/mol. The van der Waals surface area contributed by atoms with Gasteiger partial charge in [-0.3, -0.25) is 14.9 Å². The van der Waals surface area contributed by atoms with Crippen LogP contribution in [0.2, 0.25) is 5.02 Å². The molecule has 1 aromatic carbocycles. The number of rotatable bonds is 3. The predicted octanol–water partition coefficient (Wildman–Crippen LogP) is 2.38. The largest absolute Gasteiger partial charge is 0.329 e. The van der Waals surface area contributed by atoms with Crippen molar-refractivity contribution >= 4 is 17.5 Å². The molecule has 1 saturated carbocycles. The molecule has 0 spiro atoms. The molecule has 0 bridgehead atoms. The van der Waals surface area contributed by atoms with Crippen LogP contribution < -0.4 is 16.6 Å². The van der Waals surface area contributed by atoms with Gasteiger partial charge in [-0.2, -0.15) is 10.4 Å². The number of hydrogen-bond donors (Lipinski definition) is 3. The molecule has 1 aliphatic carbocycles. The SMILES string of the molecule is Cc1cc(C#N)c(-c2c(C3CCC4C(=O)NNC(CN)C4C3)cnn2C)cc1Cl. The summed E-state index contributed by atoms with van der Waals surface area (Å²) in [5.41, 5.74) is 16.1. The van der Waals surface area contributed by atoms with Crippen LogP contribution >= 0.6 is 11.6 Å². The lowest BCUT2D eigenvalue weighted by atomic mass is 9.68. The molecule has 4 N–H and O–H groups in total. The van der Waals surface area contributed by atoms with E-state index in [1.807, 2.05) is 37.0 Å². The first-order chi connectivity index (χ1) is 13.9. The summed E-state index contributed by atoms with van der Waals surface area (Å²) in [5, 5.41) is 14.8. The molecule has 2 fully saturated rings. The smallest absolute Gasteiger partial charge is 0.237 e. The van der Waals surface area contributed by atoms with Gasteiger partial charge in [-0.1, -0.05) is 11.6 Å². The summed E-state index contributed by atoms with van der Waals surface area (Å²) >= 11 is 6.39. The van der Waals surface area contributed by atoms with Gasteiger partial charge in [0, 0.05) is 41.7 Å². The minimum Gasteiger partial charge on any atom is -0.329 e. The van der Waals surface area contributed by atoms with Crippen LogP contribution in [0.3, 0.4) is 0 Å². The highest BCUT2D eigenvalue weighted by Crippen LogP contribution is 2.45. The number of halogens is 1. The number of carbonyl (C=O) groups is 1. The van der Waals surface area contributed by atoms with Gasteiger partial charge in [-0.15, -0.1) is 0 Å². The molecule has 2 aromatic rings. The van der Waals surface area contributed by atoms with Gasteiger partial charge in [-0.05, 0) is 55.7 Å². The number of nitrogens with one attached hydrogen (secondary N) is 2.